The maximum Gasteiger partial charge on any atom is 0.272 e. The van der Waals surface area contributed by atoms with Crippen molar-refractivity contribution in [3.05, 3.63) is 30.1 Å². The van der Waals surface area contributed by atoms with Crippen LogP contribution in [0.3, 0.4) is 0 Å². The first-order chi connectivity index (χ1) is 10.1. The highest BCUT2D eigenvalue weighted by Crippen LogP contribution is 2.14. The summed E-state index contributed by atoms with van der Waals surface area (Å²) < 4.78 is 3.56. The number of amides is 1. The van der Waals surface area contributed by atoms with Crippen molar-refractivity contribution < 1.29 is 4.79 Å². The summed E-state index contributed by atoms with van der Waals surface area (Å²) in [4.78, 5) is 16.6. The van der Waals surface area contributed by atoms with Crippen LogP contribution in [0, 0.1) is 0 Å². The molecule has 2 aromatic rings. The molecule has 1 amide bonds. The lowest BCUT2D eigenvalue weighted by atomic mass is 10.2. The molecule has 0 aliphatic carbocycles. The van der Waals surface area contributed by atoms with Crippen LogP contribution in [0.4, 0.5) is 0 Å². The van der Waals surface area contributed by atoms with Crippen LogP contribution in [-0.4, -0.2) is 30.5 Å². The molecule has 7 nitrogen and oxygen atoms in total. The van der Waals surface area contributed by atoms with E-state index >= 15 is 0 Å². The number of aryl methyl sites for hydroxylation is 1. The Morgan fingerprint density at radius 3 is 2.71 bits per heavy atom. The van der Waals surface area contributed by atoms with Gasteiger partial charge in [-0.15, -0.1) is 0 Å². The predicted octanol–water partition coefficient (Wildman–Crippen LogP) is 1.96. The molecule has 21 heavy (non-hydrogen) atoms. The van der Waals surface area contributed by atoms with Gasteiger partial charge in [-0.2, -0.15) is 10.2 Å². The summed E-state index contributed by atoms with van der Waals surface area (Å²) in [6.07, 6.45) is 4.07. The van der Waals surface area contributed by atoms with Crippen molar-refractivity contribution in [3.63, 3.8) is 0 Å². The third-order valence-corrected chi connectivity index (χ3v) is 3.34. The molecule has 1 unspecified atom stereocenters. The zero-order valence-electron chi connectivity index (χ0n) is 12.9. The highest BCUT2D eigenvalue weighted by Gasteiger charge is 2.20. The fraction of sp³-hybridized carbons (Fsp3) is 0.571. The van der Waals surface area contributed by atoms with Gasteiger partial charge in [-0.25, -0.2) is 9.67 Å². The maximum atomic E-state index is 12.3. The van der Waals surface area contributed by atoms with Crippen LogP contribution in [0.5, 0.6) is 0 Å². The average Bonchev–Trinajstić information content (AvgIpc) is 3.12. The number of hydrogen-bond donors (Lipinski definition) is 1. The molecule has 2 rings (SSSR count). The number of nitrogens with one attached hydrogen (secondary N) is 1. The Bertz CT molecular complexity index is 600. The van der Waals surface area contributed by atoms with Gasteiger partial charge in [0.25, 0.3) is 5.91 Å². The van der Waals surface area contributed by atoms with Crippen molar-refractivity contribution in [3.8, 4) is 0 Å². The molecule has 0 aliphatic heterocycles. The Kier molecular flexibility index (Phi) is 4.72. The van der Waals surface area contributed by atoms with Crippen molar-refractivity contribution in [2.24, 2.45) is 0 Å². The normalized spacial score (nSPS) is 12.6. The standard InChI is InChI=1S/C14H22N6O/c1-5-11(13-15-9-16-19(13)6-2)17-14(21)12-7-8-20(18-12)10(3)4/h7-11H,5-6H2,1-4H3,(H,17,21). The van der Waals surface area contributed by atoms with Gasteiger partial charge in [-0.05, 0) is 33.3 Å². The summed E-state index contributed by atoms with van der Waals surface area (Å²) in [5, 5.41) is 11.4. The minimum absolute atomic E-state index is 0.163. The van der Waals surface area contributed by atoms with E-state index in [-0.39, 0.29) is 18.0 Å². The summed E-state index contributed by atoms with van der Waals surface area (Å²) in [6.45, 7) is 8.77. The van der Waals surface area contributed by atoms with Gasteiger partial charge >= 0.3 is 0 Å². The van der Waals surface area contributed by atoms with Crippen LogP contribution in [0.2, 0.25) is 0 Å². The number of carbonyl (C=O) groups is 1. The Hall–Kier alpha value is -2.18. The fourth-order valence-corrected chi connectivity index (χ4v) is 2.11. The first kappa shape index (κ1) is 15.2. The van der Waals surface area contributed by atoms with Crippen molar-refractivity contribution in [2.45, 2.75) is 52.7 Å². The van der Waals surface area contributed by atoms with E-state index in [4.69, 9.17) is 0 Å². The number of carbonyl (C=O) groups excluding carboxylic acids is 1. The molecular formula is C14H22N6O. The van der Waals surface area contributed by atoms with Crippen LogP contribution >= 0.6 is 0 Å². The van der Waals surface area contributed by atoms with Crippen molar-refractivity contribution >= 4 is 5.91 Å². The summed E-state index contributed by atoms with van der Waals surface area (Å²) in [5.74, 6) is 0.587. The number of aromatic nitrogens is 5. The highest BCUT2D eigenvalue weighted by atomic mass is 16.2. The predicted molar refractivity (Wildman–Crippen MR) is 78.8 cm³/mol. The maximum absolute atomic E-state index is 12.3. The molecule has 2 heterocycles. The van der Waals surface area contributed by atoms with Crippen molar-refractivity contribution in [1.29, 1.82) is 0 Å². The first-order valence-electron chi connectivity index (χ1n) is 7.30. The molecule has 0 aliphatic rings. The monoisotopic (exact) mass is 290 g/mol. The lowest BCUT2D eigenvalue weighted by molar-refractivity contribution is 0.0926. The van der Waals surface area contributed by atoms with E-state index in [0.717, 1.165) is 18.8 Å². The third kappa shape index (κ3) is 3.29. The Labute approximate surface area is 124 Å². The zero-order valence-corrected chi connectivity index (χ0v) is 12.9. The summed E-state index contributed by atoms with van der Waals surface area (Å²) in [5.41, 5.74) is 0.421. The van der Waals surface area contributed by atoms with Gasteiger partial charge in [-0.3, -0.25) is 9.48 Å². The number of hydrogen-bond acceptors (Lipinski definition) is 4. The lowest BCUT2D eigenvalue weighted by Gasteiger charge is -2.16. The van der Waals surface area contributed by atoms with E-state index in [1.807, 2.05) is 33.9 Å². The van der Waals surface area contributed by atoms with E-state index < -0.39 is 0 Å². The van der Waals surface area contributed by atoms with Gasteiger partial charge in [0.15, 0.2) is 0 Å². The van der Waals surface area contributed by atoms with E-state index in [1.54, 1.807) is 15.4 Å². The molecule has 1 atom stereocenters. The van der Waals surface area contributed by atoms with Crippen molar-refractivity contribution in [1.82, 2.24) is 29.9 Å². The smallest absolute Gasteiger partial charge is 0.272 e. The second-order valence-electron chi connectivity index (χ2n) is 5.14. The number of rotatable bonds is 6. The fourth-order valence-electron chi connectivity index (χ4n) is 2.11. The molecule has 0 radical (unpaired) electrons. The molecule has 0 fully saturated rings. The summed E-state index contributed by atoms with van der Waals surface area (Å²) in [7, 11) is 0. The second kappa shape index (κ2) is 6.51. The first-order valence-corrected chi connectivity index (χ1v) is 7.30. The van der Waals surface area contributed by atoms with E-state index in [2.05, 4.69) is 20.5 Å². The molecule has 2 aromatic heterocycles. The van der Waals surface area contributed by atoms with Crippen LogP contribution in [0.15, 0.2) is 18.6 Å². The van der Waals surface area contributed by atoms with Gasteiger partial charge in [0.2, 0.25) is 0 Å². The summed E-state index contributed by atoms with van der Waals surface area (Å²) >= 11 is 0. The van der Waals surface area contributed by atoms with Gasteiger partial charge in [0, 0.05) is 18.8 Å². The highest BCUT2D eigenvalue weighted by molar-refractivity contribution is 5.92. The third-order valence-electron chi connectivity index (χ3n) is 3.34. The topological polar surface area (TPSA) is 77.6 Å². The van der Waals surface area contributed by atoms with Gasteiger partial charge < -0.3 is 5.32 Å². The Balaban J connectivity index is 2.12. The minimum Gasteiger partial charge on any atom is -0.341 e. The van der Waals surface area contributed by atoms with E-state index in [0.29, 0.717) is 5.69 Å². The molecule has 0 saturated carbocycles. The molecule has 1 N–H and O–H groups in total. The molecule has 114 valence electrons. The molecule has 0 saturated heterocycles. The van der Waals surface area contributed by atoms with Crippen molar-refractivity contribution in [2.75, 3.05) is 0 Å². The molecule has 0 spiro atoms. The minimum atomic E-state index is -0.188. The molecule has 0 bridgehead atoms. The molecule has 0 aromatic carbocycles. The summed E-state index contributed by atoms with van der Waals surface area (Å²) in [6, 6.07) is 1.80. The van der Waals surface area contributed by atoms with Gasteiger partial charge in [-0.1, -0.05) is 6.92 Å². The van der Waals surface area contributed by atoms with Crippen LogP contribution in [0.1, 0.15) is 62.5 Å². The Morgan fingerprint density at radius 1 is 1.38 bits per heavy atom. The lowest BCUT2D eigenvalue weighted by Crippen LogP contribution is -2.30. The van der Waals surface area contributed by atoms with Gasteiger partial charge in [0.05, 0.1) is 6.04 Å². The quantitative estimate of drug-likeness (QED) is 0.882. The molecule has 7 heteroatoms. The second-order valence-corrected chi connectivity index (χ2v) is 5.14. The largest absolute Gasteiger partial charge is 0.341 e. The van der Waals surface area contributed by atoms with Crippen LogP contribution < -0.4 is 5.32 Å². The zero-order chi connectivity index (χ0) is 15.4. The van der Waals surface area contributed by atoms with Gasteiger partial charge in [0.1, 0.15) is 17.8 Å². The Morgan fingerprint density at radius 2 is 2.14 bits per heavy atom. The van der Waals surface area contributed by atoms with Crippen LogP contribution in [0.25, 0.3) is 0 Å². The van der Waals surface area contributed by atoms with Crippen LogP contribution in [-0.2, 0) is 6.54 Å². The SMILES string of the molecule is CCC(NC(=O)c1ccn(C(C)C)n1)c1ncnn1CC. The molecular weight excluding hydrogens is 268 g/mol. The van der Waals surface area contributed by atoms with E-state index in [1.165, 1.54) is 6.33 Å². The average molecular weight is 290 g/mol. The number of nitrogens with zero attached hydrogens (tertiary/aromatic N) is 5. The van der Waals surface area contributed by atoms with E-state index in [9.17, 15) is 4.79 Å².